The molecule has 3 aromatic rings. The number of H-pyrrole nitrogens is 1. The van der Waals surface area contributed by atoms with Gasteiger partial charge in [-0.3, -0.25) is 5.10 Å². The first-order valence-corrected chi connectivity index (χ1v) is 8.53. The van der Waals surface area contributed by atoms with Crippen molar-refractivity contribution >= 4 is 28.9 Å². The van der Waals surface area contributed by atoms with E-state index in [1.807, 2.05) is 12.3 Å². The number of halogens is 2. The van der Waals surface area contributed by atoms with Gasteiger partial charge in [0.25, 0.3) is 0 Å². The molecule has 0 radical (unpaired) electrons. The maximum atomic E-state index is 6.08. The van der Waals surface area contributed by atoms with Crippen molar-refractivity contribution in [2.24, 2.45) is 0 Å². The fraction of sp³-hybridized carbons (Fsp3) is 0.312. The number of nitrogens with one attached hydrogen (secondary N) is 1. The summed E-state index contributed by atoms with van der Waals surface area (Å²) in [5.41, 5.74) is 5.17. The smallest absolute Gasteiger partial charge is 0.102 e. The van der Waals surface area contributed by atoms with Crippen LogP contribution in [0.4, 0.5) is 5.69 Å². The summed E-state index contributed by atoms with van der Waals surface area (Å²) in [7, 11) is 0. The summed E-state index contributed by atoms with van der Waals surface area (Å²) in [5.74, 6) is 0. The Morgan fingerprint density at radius 1 is 1.25 bits per heavy atom. The molecule has 0 bridgehead atoms. The predicted molar refractivity (Wildman–Crippen MR) is 94.1 cm³/mol. The third kappa shape index (κ3) is 2.76. The second-order valence-electron chi connectivity index (χ2n) is 5.92. The lowest BCUT2D eigenvalue weighted by atomic mass is 10.1. The average molecular weight is 363 g/mol. The van der Waals surface area contributed by atoms with Crippen LogP contribution < -0.4 is 4.90 Å². The SMILES string of the molecule is Cc1[nH]nc2c1N(Cc1cn(-c3ccc(Cl)c(Cl)c3)nn1)CCC2. The van der Waals surface area contributed by atoms with Crippen LogP contribution in [0.3, 0.4) is 0 Å². The minimum atomic E-state index is 0.501. The Bertz CT molecular complexity index is 885. The standard InChI is InChI=1S/C16H16Cl2N6/c1-10-16-15(21-19-10)3-2-6-23(16)8-11-9-24(22-20-11)12-4-5-13(17)14(18)7-12/h4-5,7,9H,2-3,6,8H2,1H3,(H,19,21). The molecule has 1 aliphatic heterocycles. The average Bonchev–Trinajstić information content (AvgIpc) is 3.18. The molecule has 0 saturated heterocycles. The molecule has 1 N–H and O–H groups in total. The number of rotatable bonds is 3. The van der Waals surface area contributed by atoms with Crippen LogP contribution in [0.5, 0.6) is 0 Å². The van der Waals surface area contributed by atoms with Crippen molar-refractivity contribution in [1.82, 2.24) is 25.2 Å². The van der Waals surface area contributed by atoms with E-state index >= 15 is 0 Å². The van der Waals surface area contributed by atoms with E-state index in [2.05, 4.69) is 32.3 Å². The molecule has 3 heterocycles. The van der Waals surface area contributed by atoms with Gasteiger partial charge in [0.05, 0.1) is 45.5 Å². The summed E-state index contributed by atoms with van der Waals surface area (Å²) in [6, 6.07) is 5.40. The normalized spacial score (nSPS) is 14.0. The van der Waals surface area contributed by atoms with Crippen molar-refractivity contribution in [3.63, 3.8) is 0 Å². The molecule has 124 valence electrons. The highest BCUT2D eigenvalue weighted by Crippen LogP contribution is 2.29. The van der Waals surface area contributed by atoms with Crippen LogP contribution in [0.2, 0.25) is 10.0 Å². The minimum absolute atomic E-state index is 0.501. The number of aryl methyl sites for hydroxylation is 2. The molecule has 0 amide bonds. The molecule has 6 nitrogen and oxygen atoms in total. The number of hydrogen-bond donors (Lipinski definition) is 1. The van der Waals surface area contributed by atoms with Gasteiger partial charge in [-0.15, -0.1) is 5.10 Å². The van der Waals surface area contributed by atoms with E-state index in [4.69, 9.17) is 23.2 Å². The minimum Gasteiger partial charge on any atom is -0.363 e. The van der Waals surface area contributed by atoms with Gasteiger partial charge in [-0.2, -0.15) is 5.10 Å². The summed E-state index contributed by atoms with van der Waals surface area (Å²) in [6.45, 7) is 3.75. The zero-order chi connectivity index (χ0) is 16.7. The Kier molecular flexibility index (Phi) is 3.94. The fourth-order valence-corrected chi connectivity index (χ4v) is 3.39. The molecule has 0 unspecified atom stereocenters. The van der Waals surface area contributed by atoms with Crippen LogP contribution >= 0.6 is 23.2 Å². The monoisotopic (exact) mass is 362 g/mol. The van der Waals surface area contributed by atoms with Crippen LogP contribution in [0.25, 0.3) is 5.69 Å². The number of nitrogens with zero attached hydrogens (tertiary/aromatic N) is 5. The Morgan fingerprint density at radius 3 is 2.96 bits per heavy atom. The molecule has 0 fully saturated rings. The summed E-state index contributed by atoms with van der Waals surface area (Å²) < 4.78 is 1.71. The molecular weight excluding hydrogens is 347 g/mol. The first kappa shape index (κ1) is 15.5. The first-order valence-electron chi connectivity index (χ1n) is 7.77. The maximum absolute atomic E-state index is 6.08. The van der Waals surface area contributed by atoms with Crippen molar-refractivity contribution in [1.29, 1.82) is 0 Å². The third-order valence-corrected chi connectivity index (χ3v) is 4.95. The van der Waals surface area contributed by atoms with Crippen LogP contribution in [0, 0.1) is 6.92 Å². The van der Waals surface area contributed by atoms with Crippen molar-refractivity contribution < 1.29 is 0 Å². The van der Waals surface area contributed by atoms with Crippen LogP contribution in [0.1, 0.15) is 23.5 Å². The molecule has 4 rings (SSSR count). The van der Waals surface area contributed by atoms with Gasteiger partial charge in [0, 0.05) is 6.54 Å². The Labute approximate surface area is 149 Å². The highest BCUT2D eigenvalue weighted by atomic mass is 35.5. The quantitative estimate of drug-likeness (QED) is 0.773. The van der Waals surface area contributed by atoms with Crippen LogP contribution in [-0.2, 0) is 13.0 Å². The van der Waals surface area contributed by atoms with Gasteiger partial charge >= 0.3 is 0 Å². The number of aromatic nitrogens is 5. The highest BCUT2D eigenvalue weighted by Gasteiger charge is 2.22. The van der Waals surface area contributed by atoms with E-state index in [0.29, 0.717) is 16.6 Å². The zero-order valence-electron chi connectivity index (χ0n) is 13.1. The van der Waals surface area contributed by atoms with Gasteiger partial charge < -0.3 is 4.90 Å². The predicted octanol–water partition coefficient (Wildman–Crippen LogP) is 3.56. The Morgan fingerprint density at radius 2 is 2.12 bits per heavy atom. The van der Waals surface area contributed by atoms with Crippen molar-refractivity contribution in [3.8, 4) is 5.69 Å². The van der Waals surface area contributed by atoms with Gasteiger partial charge in [0.2, 0.25) is 0 Å². The second kappa shape index (κ2) is 6.11. The number of anilines is 1. The van der Waals surface area contributed by atoms with Gasteiger partial charge in [-0.1, -0.05) is 28.4 Å². The Balaban J connectivity index is 1.58. The number of hydrogen-bond acceptors (Lipinski definition) is 4. The fourth-order valence-electron chi connectivity index (χ4n) is 3.10. The largest absolute Gasteiger partial charge is 0.363 e. The van der Waals surface area contributed by atoms with E-state index in [9.17, 15) is 0 Å². The number of fused-ring (bicyclic) bond motifs is 1. The molecule has 24 heavy (non-hydrogen) atoms. The molecule has 0 aliphatic carbocycles. The summed E-state index contributed by atoms with van der Waals surface area (Å²) in [6.07, 6.45) is 4.04. The van der Waals surface area contributed by atoms with Gasteiger partial charge in [0.15, 0.2) is 0 Å². The van der Waals surface area contributed by atoms with E-state index in [-0.39, 0.29) is 0 Å². The molecular formula is C16H16Cl2N6. The van der Waals surface area contributed by atoms with Gasteiger partial charge in [-0.05, 0) is 38.0 Å². The third-order valence-electron chi connectivity index (χ3n) is 4.21. The van der Waals surface area contributed by atoms with Crippen LogP contribution in [0.15, 0.2) is 24.4 Å². The van der Waals surface area contributed by atoms with Crippen molar-refractivity contribution in [2.75, 3.05) is 11.4 Å². The molecule has 2 aromatic heterocycles. The molecule has 1 aromatic carbocycles. The first-order chi connectivity index (χ1) is 11.6. The maximum Gasteiger partial charge on any atom is 0.102 e. The van der Waals surface area contributed by atoms with E-state index in [1.54, 1.807) is 16.8 Å². The van der Waals surface area contributed by atoms with Crippen molar-refractivity contribution in [2.45, 2.75) is 26.3 Å². The zero-order valence-corrected chi connectivity index (χ0v) is 14.6. The number of benzene rings is 1. The molecule has 0 atom stereocenters. The lowest BCUT2D eigenvalue weighted by molar-refractivity contribution is 0.673. The molecule has 1 aliphatic rings. The Hall–Kier alpha value is -2.05. The highest BCUT2D eigenvalue weighted by molar-refractivity contribution is 6.42. The number of aromatic amines is 1. The summed E-state index contributed by atoms with van der Waals surface area (Å²) in [4.78, 5) is 2.31. The summed E-state index contributed by atoms with van der Waals surface area (Å²) >= 11 is 12.0. The lowest BCUT2D eigenvalue weighted by Crippen LogP contribution is -2.29. The van der Waals surface area contributed by atoms with E-state index in [0.717, 1.165) is 42.2 Å². The van der Waals surface area contributed by atoms with Crippen LogP contribution in [-0.4, -0.2) is 31.7 Å². The second-order valence-corrected chi connectivity index (χ2v) is 6.74. The molecule has 8 heteroatoms. The van der Waals surface area contributed by atoms with Crippen molar-refractivity contribution in [3.05, 3.63) is 51.5 Å². The summed E-state index contributed by atoms with van der Waals surface area (Å²) in [5, 5.41) is 17.0. The topological polar surface area (TPSA) is 62.6 Å². The van der Waals surface area contributed by atoms with E-state index < -0.39 is 0 Å². The van der Waals surface area contributed by atoms with Gasteiger partial charge in [0.1, 0.15) is 5.69 Å². The lowest BCUT2D eigenvalue weighted by Gasteiger charge is -2.28. The van der Waals surface area contributed by atoms with Gasteiger partial charge in [-0.25, -0.2) is 4.68 Å². The molecule has 0 spiro atoms. The molecule has 0 saturated carbocycles. The van der Waals surface area contributed by atoms with E-state index in [1.165, 1.54) is 5.69 Å².